The summed E-state index contributed by atoms with van der Waals surface area (Å²) in [6.07, 6.45) is -3.70. The molecule has 0 aliphatic carbocycles. The number of rotatable bonds is 6. The predicted octanol–water partition coefficient (Wildman–Crippen LogP) is 4.51. The van der Waals surface area contributed by atoms with E-state index in [9.17, 15) is 29.5 Å². The monoisotopic (exact) mass is 631 g/mol. The Labute approximate surface area is 266 Å². The summed E-state index contributed by atoms with van der Waals surface area (Å²) in [4.78, 5) is 59.0. The Morgan fingerprint density at radius 3 is 2.39 bits per heavy atom. The summed E-state index contributed by atoms with van der Waals surface area (Å²) in [5.74, 6) is -1.54. The summed E-state index contributed by atoms with van der Waals surface area (Å²) in [6.45, 7) is 9.70. The number of carbonyl (C=O) groups excluding carboxylic acids is 4. The highest BCUT2D eigenvalue weighted by Gasteiger charge is 2.39. The molecule has 1 fully saturated rings. The smallest absolute Gasteiger partial charge is 0.420 e. The Morgan fingerprint density at radius 2 is 1.76 bits per heavy atom. The number of aliphatic hydroxyl groups is 1. The van der Waals surface area contributed by atoms with Gasteiger partial charge >= 0.3 is 12.2 Å². The van der Waals surface area contributed by atoms with E-state index in [0.29, 0.717) is 11.2 Å². The number of ether oxygens (including phenoxy) is 3. The Hall–Kier alpha value is -5.06. The van der Waals surface area contributed by atoms with Gasteiger partial charge in [0.25, 0.3) is 11.8 Å². The van der Waals surface area contributed by atoms with Gasteiger partial charge in [0, 0.05) is 29.5 Å². The van der Waals surface area contributed by atoms with Crippen molar-refractivity contribution in [1.29, 1.82) is 5.26 Å². The number of morpholine rings is 1. The minimum atomic E-state index is -1.88. The number of imide groups is 1. The fourth-order valence-corrected chi connectivity index (χ4v) is 4.58. The number of hydrogen-bond donors (Lipinski definition) is 2. The molecule has 2 aromatic carbocycles. The molecule has 242 valence electrons. The number of aromatic nitrogens is 1. The van der Waals surface area contributed by atoms with E-state index in [-0.39, 0.29) is 30.0 Å². The molecule has 1 aliphatic rings. The second-order valence-electron chi connectivity index (χ2n) is 12.6. The molecule has 0 bridgehead atoms. The fraction of sp³-hybridized carbons (Fsp3) is 0.394. The maximum Gasteiger partial charge on any atom is 0.420 e. The first-order chi connectivity index (χ1) is 21.6. The van der Waals surface area contributed by atoms with E-state index in [4.69, 9.17) is 14.2 Å². The van der Waals surface area contributed by atoms with Crippen LogP contribution in [-0.2, 0) is 30.3 Å². The first kappa shape index (κ1) is 33.8. The van der Waals surface area contributed by atoms with E-state index in [1.807, 2.05) is 24.3 Å². The molecule has 1 aliphatic heterocycles. The highest BCUT2D eigenvalue weighted by molar-refractivity contribution is 6.04. The molecule has 13 nitrogen and oxygen atoms in total. The van der Waals surface area contributed by atoms with Crippen LogP contribution in [0.25, 0.3) is 10.9 Å². The van der Waals surface area contributed by atoms with Gasteiger partial charge in [0.15, 0.2) is 12.2 Å². The van der Waals surface area contributed by atoms with Gasteiger partial charge in [0.2, 0.25) is 0 Å². The van der Waals surface area contributed by atoms with Gasteiger partial charge in [-0.1, -0.05) is 12.1 Å². The van der Waals surface area contributed by atoms with Gasteiger partial charge in [-0.15, -0.1) is 0 Å². The normalized spacial score (nSPS) is 15.9. The lowest BCUT2D eigenvalue weighted by Crippen LogP contribution is -2.55. The van der Waals surface area contributed by atoms with Crippen molar-refractivity contribution >= 4 is 46.3 Å². The summed E-state index contributed by atoms with van der Waals surface area (Å²) in [7, 11) is 0. The topological polar surface area (TPSA) is 171 Å². The van der Waals surface area contributed by atoms with E-state index >= 15 is 0 Å². The third-order valence-electron chi connectivity index (χ3n) is 6.63. The largest absolute Gasteiger partial charge is 0.443 e. The van der Waals surface area contributed by atoms with E-state index in [1.165, 1.54) is 23.1 Å². The highest BCUT2D eigenvalue weighted by Crippen LogP contribution is 2.26. The molecule has 4 amide bonds. The number of nitriles is 1. The van der Waals surface area contributed by atoms with Crippen LogP contribution in [0.5, 0.6) is 0 Å². The lowest BCUT2D eigenvalue weighted by atomic mass is 10.1. The molecule has 0 saturated carbocycles. The van der Waals surface area contributed by atoms with Crippen molar-refractivity contribution in [2.75, 3.05) is 23.4 Å². The number of hydrogen-bond acceptors (Lipinski definition) is 10. The zero-order valence-corrected chi connectivity index (χ0v) is 26.6. The number of benzene rings is 2. The minimum absolute atomic E-state index is 0.0766. The number of anilines is 2. The van der Waals surface area contributed by atoms with Gasteiger partial charge in [-0.2, -0.15) is 5.26 Å². The molecule has 0 radical (unpaired) electrons. The summed E-state index contributed by atoms with van der Waals surface area (Å²) < 4.78 is 16.3. The van der Waals surface area contributed by atoms with Crippen LogP contribution in [0, 0.1) is 11.3 Å². The SMILES string of the molecule is CC(C)(C)OC(=O)N(Cc1cc(NC(=O)[C@H](O)[C@H]2OCCN(c3ccc4cccnc4c3)C2=O)ccc1C#N)C(=O)OC(C)(C)C. The first-order valence-corrected chi connectivity index (χ1v) is 14.6. The number of fused-ring (bicyclic) bond motifs is 1. The zero-order valence-electron chi connectivity index (χ0n) is 26.6. The molecule has 1 aromatic heterocycles. The molecular formula is C33H37N5O8. The molecule has 2 atom stereocenters. The maximum atomic E-state index is 13.4. The first-order valence-electron chi connectivity index (χ1n) is 14.6. The quantitative estimate of drug-likeness (QED) is 0.394. The van der Waals surface area contributed by atoms with Crippen molar-refractivity contribution in [2.45, 2.75) is 71.5 Å². The van der Waals surface area contributed by atoms with E-state index in [1.54, 1.807) is 59.9 Å². The fourth-order valence-electron chi connectivity index (χ4n) is 4.58. The van der Waals surface area contributed by atoms with E-state index < -0.39 is 54.0 Å². The number of amides is 4. The maximum absolute atomic E-state index is 13.4. The Kier molecular flexibility index (Phi) is 9.94. The Morgan fingerprint density at radius 1 is 1.09 bits per heavy atom. The standard InChI is InChI=1S/C33H37N5O8/c1-32(2,3)45-30(42)38(31(43)46-33(4,5)6)19-22-16-23(11-9-21(22)18-34)36-28(40)26(39)27-29(41)37(14-15-44-27)24-12-10-20-8-7-13-35-25(20)17-24/h7-13,16-17,26-27,39H,14-15,19H2,1-6H3,(H,36,40)/t26-,27-/m1/s1. The second kappa shape index (κ2) is 13.5. The molecule has 1 saturated heterocycles. The van der Waals surface area contributed by atoms with Crippen molar-refractivity contribution in [3.63, 3.8) is 0 Å². The van der Waals surface area contributed by atoms with Crippen molar-refractivity contribution in [1.82, 2.24) is 9.88 Å². The van der Waals surface area contributed by atoms with Crippen LogP contribution >= 0.6 is 0 Å². The van der Waals surface area contributed by atoms with Gasteiger partial charge in [-0.25, -0.2) is 14.5 Å². The third kappa shape index (κ3) is 8.35. The molecule has 0 spiro atoms. The second-order valence-corrected chi connectivity index (χ2v) is 12.6. The molecule has 0 unspecified atom stereocenters. The third-order valence-corrected chi connectivity index (χ3v) is 6.63. The number of nitrogens with zero attached hydrogens (tertiary/aromatic N) is 4. The van der Waals surface area contributed by atoms with Crippen molar-refractivity contribution in [2.24, 2.45) is 0 Å². The summed E-state index contributed by atoms with van der Waals surface area (Å²) in [5.41, 5.74) is -0.195. The summed E-state index contributed by atoms with van der Waals surface area (Å²) >= 11 is 0. The number of aliphatic hydroxyl groups excluding tert-OH is 1. The van der Waals surface area contributed by atoms with Crippen LogP contribution in [0.3, 0.4) is 0 Å². The highest BCUT2D eigenvalue weighted by atomic mass is 16.6. The molecule has 3 aromatic rings. The van der Waals surface area contributed by atoms with Gasteiger partial charge in [0.1, 0.15) is 11.2 Å². The van der Waals surface area contributed by atoms with Gasteiger partial charge in [-0.05, 0) is 83.5 Å². The van der Waals surface area contributed by atoms with Crippen LogP contribution in [0.15, 0.2) is 54.7 Å². The van der Waals surface area contributed by atoms with Gasteiger partial charge in [0.05, 0.1) is 30.3 Å². The summed E-state index contributed by atoms with van der Waals surface area (Å²) in [5, 5.41) is 24.1. The molecular weight excluding hydrogens is 594 g/mol. The molecule has 4 rings (SSSR count). The average Bonchev–Trinajstić information content (AvgIpc) is 2.97. The number of carbonyl (C=O) groups is 4. The van der Waals surface area contributed by atoms with E-state index in [2.05, 4.69) is 10.3 Å². The number of nitrogens with one attached hydrogen (secondary N) is 1. The average molecular weight is 632 g/mol. The molecule has 13 heteroatoms. The van der Waals surface area contributed by atoms with Crippen LogP contribution in [0.2, 0.25) is 0 Å². The molecule has 2 N–H and O–H groups in total. The van der Waals surface area contributed by atoms with E-state index in [0.717, 1.165) is 10.3 Å². The predicted molar refractivity (Wildman–Crippen MR) is 168 cm³/mol. The lowest BCUT2D eigenvalue weighted by Gasteiger charge is -2.34. The van der Waals surface area contributed by atoms with Gasteiger partial charge < -0.3 is 29.5 Å². The Bertz CT molecular complexity index is 1660. The zero-order chi connectivity index (χ0) is 33.8. The van der Waals surface area contributed by atoms with Crippen LogP contribution in [0.4, 0.5) is 21.0 Å². The summed E-state index contributed by atoms with van der Waals surface area (Å²) in [6, 6.07) is 15.2. The van der Waals surface area contributed by atoms with Crippen LogP contribution in [0.1, 0.15) is 52.7 Å². The van der Waals surface area contributed by atoms with Crippen molar-refractivity contribution in [3.05, 3.63) is 65.9 Å². The van der Waals surface area contributed by atoms with Crippen molar-refractivity contribution in [3.8, 4) is 6.07 Å². The van der Waals surface area contributed by atoms with Gasteiger partial charge in [-0.3, -0.25) is 14.6 Å². The minimum Gasteiger partial charge on any atom is -0.443 e. The van der Waals surface area contributed by atoms with Crippen molar-refractivity contribution < 1.29 is 38.5 Å². The van der Waals surface area contributed by atoms with Crippen LogP contribution in [-0.4, -0.2) is 75.6 Å². The molecule has 2 heterocycles. The Balaban J connectivity index is 1.52. The molecule has 46 heavy (non-hydrogen) atoms. The van der Waals surface area contributed by atoms with Crippen LogP contribution < -0.4 is 10.2 Å². The number of pyridine rings is 1. The lowest BCUT2D eigenvalue weighted by molar-refractivity contribution is -0.150.